The van der Waals surface area contributed by atoms with Crippen LogP contribution in [0.2, 0.25) is 0 Å². The number of para-hydroxylation sites is 2. The first-order valence-electron chi connectivity index (χ1n) is 10.4. The summed E-state index contributed by atoms with van der Waals surface area (Å²) in [7, 11) is 1.59. The van der Waals surface area contributed by atoms with Gasteiger partial charge in [0.15, 0.2) is 5.82 Å². The number of aromatic nitrogens is 2. The number of piperazine rings is 1. The Hall–Kier alpha value is -3.39. The summed E-state index contributed by atoms with van der Waals surface area (Å²) in [6.07, 6.45) is 0.647. The first kappa shape index (κ1) is 20.9. The van der Waals surface area contributed by atoms with Gasteiger partial charge in [-0.05, 0) is 24.6 Å². The van der Waals surface area contributed by atoms with Crippen LogP contribution in [0.1, 0.15) is 30.2 Å². The summed E-state index contributed by atoms with van der Waals surface area (Å²) in [5, 5.41) is 7.07. The average molecular weight is 422 g/mol. The molecule has 4 rings (SSSR count). The van der Waals surface area contributed by atoms with Crippen molar-refractivity contribution < 1.29 is 14.1 Å². The lowest BCUT2D eigenvalue weighted by atomic mass is 10.1. The van der Waals surface area contributed by atoms with Gasteiger partial charge in [-0.25, -0.2) is 4.79 Å². The third-order valence-corrected chi connectivity index (χ3v) is 5.54. The van der Waals surface area contributed by atoms with E-state index in [2.05, 4.69) is 39.4 Å². The molecule has 1 aliphatic heterocycles. The fraction of sp³-hybridized carbons (Fsp3) is 0.348. The number of urea groups is 1. The van der Waals surface area contributed by atoms with E-state index in [-0.39, 0.29) is 12.1 Å². The van der Waals surface area contributed by atoms with Crippen molar-refractivity contribution in [2.75, 3.05) is 38.6 Å². The van der Waals surface area contributed by atoms with Crippen molar-refractivity contribution in [2.45, 2.75) is 19.4 Å². The SMILES string of the molecule is COc1ccccc1NC(=O)N1CCN([C@H](C)c2nc(Cc3ccccc3)no2)CC1. The van der Waals surface area contributed by atoms with Crippen LogP contribution in [0, 0.1) is 0 Å². The zero-order chi connectivity index (χ0) is 21.6. The summed E-state index contributed by atoms with van der Waals surface area (Å²) in [5.41, 5.74) is 1.82. The van der Waals surface area contributed by atoms with Crippen LogP contribution in [0.4, 0.5) is 10.5 Å². The number of anilines is 1. The number of carbonyl (C=O) groups is 1. The molecule has 0 spiro atoms. The van der Waals surface area contributed by atoms with Gasteiger partial charge in [0.2, 0.25) is 5.89 Å². The number of nitrogens with one attached hydrogen (secondary N) is 1. The minimum atomic E-state index is -0.125. The number of benzene rings is 2. The van der Waals surface area contributed by atoms with Gasteiger partial charge in [0.05, 0.1) is 18.8 Å². The molecule has 1 saturated heterocycles. The van der Waals surface area contributed by atoms with Crippen molar-refractivity contribution in [1.29, 1.82) is 0 Å². The van der Waals surface area contributed by atoms with Crippen molar-refractivity contribution in [3.63, 3.8) is 0 Å². The Balaban J connectivity index is 1.31. The molecule has 1 fully saturated rings. The van der Waals surface area contributed by atoms with E-state index < -0.39 is 0 Å². The minimum Gasteiger partial charge on any atom is -0.495 e. The smallest absolute Gasteiger partial charge is 0.322 e. The standard InChI is InChI=1S/C23H27N5O3/c1-17(22-25-21(26-31-22)16-18-8-4-3-5-9-18)27-12-14-28(15-13-27)23(29)24-19-10-6-7-11-20(19)30-2/h3-11,17H,12-16H2,1-2H3,(H,24,29)/t17-/m1/s1. The van der Waals surface area contributed by atoms with Crippen LogP contribution in [0.5, 0.6) is 5.75 Å². The van der Waals surface area contributed by atoms with E-state index >= 15 is 0 Å². The molecule has 1 aliphatic rings. The van der Waals surface area contributed by atoms with Crippen molar-refractivity contribution in [3.05, 3.63) is 71.9 Å². The predicted molar refractivity (Wildman–Crippen MR) is 117 cm³/mol. The Kier molecular flexibility index (Phi) is 6.47. The van der Waals surface area contributed by atoms with Crippen LogP contribution in [-0.4, -0.2) is 59.3 Å². The number of rotatable bonds is 6. The quantitative estimate of drug-likeness (QED) is 0.655. The maximum Gasteiger partial charge on any atom is 0.322 e. The van der Waals surface area contributed by atoms with Gasteiger partial charge in [-0.1, -0.05) is 47.6 Å². The molecule has 2 amide bonds. The third-order valence-electron chi connectivity index (χ3n) is 5.54. The Morgan fingerprint density at radius 2 is 1.81 bits per heavy atom. The number of nitrogens with zero attached hydrogens (tertiary/aromatic N) is 4. The van der Waals surface area contributed by atoms with Gasteiger partial charge in [0, 0.05) is 32.6 Å². The lowest BCUT2D eigenvalue weighted by Crippen LogP contribution is -2.50. The van der Waals surface area contributed by atoms with Gasteiger partial charge in [0.25, 0.3) is 0 Å². The molecule has 0 unspecified atom stereocenters. The van der Waals surface area contributed by atoms with Crippen molar-refractivity contribution in [2.24, 2.45) is 0 Å². The summed E-state index contributed by atoms with van der Waals surface area (Å²) >= 11 is 0. The first-order chi connectivity index (χ1) is 15.1. The van der Waals surface area contributed by atoms with Crippen LogP contribution >= 0.6 is 0 Å². The summed E-state index contributed by atoms with van der Waals surface area (Å²) in [4.78, 5) is 21.3. The van der Waals surface area contributed by atoms with Gasteiger partial charge in [-0.3, -0.25) is 4.90 Å². The number of hydrogen-bond acceptors (Lipinski definition) is 6. The van der Waals surface area contributed by atoms with Crippen LogP contribution < -0.4 is 10.1 Å². The molecule has 8 nitrogen and oxygen atoms in total. The predicted octanol–water partition coefficient (Wildman–Crippen LogP) is 3.58. The third kappa shape index (κ3) is 5.03. The summed E-state index contributed by atoms with van der Waals surface area (Å²) < 4.78 is 10.8. The number of ether oxygens (including phenoxy) is 1. The largest absolute Gasteiger partial charge is 0.495 e. The second kappa shape index (κ2) is 9.61. The van der Waals surface area contributed by atoms with Crippen LogP contribution in [0.25, 0.3) is 0 Å². The van der Waals surface area contributed by atoms with Crippen molar-refractivity contribution in [3.8, 4) is 5.75 Å². The highest BCUT2D eigenvalue weighted by Gasteiger charge is 2.28. The maximum absolute atomic E-state index is 12.7. The molecule has 3 aromatic rings. The van der Waals surface area contributed by atoms with Gasteiger partial charge >= 0.3 is 6.03 Å². The highest BCUT2D eigenvalue weighted by Crippen LogP contribution is 2.24. The topological polar surface area (TPSA) is 83.7 Å². The van der Waals surface area contributed by atoms with Crippen LogP contribution in [-0.2, 0) is 6.42 Å². The summed E-state index contributed by atoms with van der Waals surface area (Å²) in [6.45, 7) is 4.77. The molecule has 162 valence electrons. The van der Waals surface area contributed by atoms with Gasteiger partial charge in [-0.15, -0.1) is 0 Å². The molecule has 0 aliphatic carbocycles. The molecular weight excluding hydrogens is 394 g/mol. The number of methoxy groups -OCH3 is 1. The summed E-state index contributed by atoms with van der Waals surface area (Å²) in [5.74, 6) is 1.94. The molecule has 1 aromatic heterocycles. The number of carbonyl (C=O) groups excluding carboxylic acids is 1. The van der Waals surface area contributed by atoms with E-state index in [1.165, 1.54) is 0 Å². The molecule has 0 saturated carbocycles. The Bertz CT molecular complexity index is 999. The molecule has 0 radical (unpaired) electrons. The van der Waals surface area contributed by atoms with E-state index in [1.54, 1.807) is 7.11 Å². The molecule has 0 bridgehead atoms. The number of amides is 2. The maximum atomic E-state index is 12.7. The lowest BCUT2D eigenvalue weighted by Gasteiger charge is -2.36. The first-order valence-corrected chi connectivity index (χ1v) is 10.4. The highest BCUT2D eigenvalue weighted by molar-refractivity contribution is 5.91. The molecular formula is C23H27N5O3. The zero-order valence-corrected chi connectivity index (χ0v) is 17.8. The van der Waals surface area contributed by atoms with E-state index in [0.29, 0.717) is 42.7 Å². The molecule has 31 heavy (non-hydrogen) atoms. The number of hydrogen-bond donors (Lipinski definition) is 1. The summed E-state index contributed by atoms with van der Waals surface area (Å²) in [6, 6.07) is 17.4. The van der Waals surface area contributed by atoms with E-state index in [0.717, 1.165) is 18.7 Å². The zero-order valence-electron chi connectivity index (χ0n) is 17.8. The van der Waals surface area contributed by atoms with Gasteiger partial charge in [0.1, 0.15) is 5.75 Å². The second-order valence-corrected chi connectivity index (χ2v) is 7.54. The van der Waals surface area contributed by atoms with E-state index in [9.17, 15) is 4.79 Å². The molecule has 1 N–H and O–H groups in total. The van der Waals surface area contributed by atoms with Crippen molar-refractivity contribution in [1.82, 2.24) is 19.9 Å². The van der Waals surface area contributed by atoms with Gasteiger partial charge in [-0.2, -0.15) is 4.98 Å². The fourth-order valence-electron chi connectivity index (χ4n) is 3.70. The van der Waals surface area contributed by atoms with Crippen molar-refractivity contribution >= 4 is 11.7 Å². The molecule has 2 aromatic carbocycles. The molecule has 1 atom stereocenters. The molecule has 2 heterocycles. The Morgan fingerprint density at radius 1 is 1.10 bits per heavy atom. The van der Waals surface area contributed by atoms with E-state index in [4.69, 9.17) is 9.26 Å². The minimum absolute atomic E-state index is 0.00329. The van der Waals surface area contributed by atoms with Gasteiger partial charge < -0.3 is 19.5 Å². The van der Waals surface area contributed by atoms with E-state index in [1.807, 2.05) is 47.4 Å². The highest BCUT2D eigenvalue weighted by atomic mass is 16.5. The average Bonchev–Trinajstić information content (AvgIpc) is 3.28. The van der Waals surface area contributed by atoms with Crippen LogP contribution in [0.3, 0.4) is 0 Å². The lowest BCUT2D eigenvalue weighted by molar-refractivity contribution is 0.104. The fourth-order valence-corrected chi connectivity index (χ4v) is 3.70. The Morgan fingerprint density at radius 3 is 2.55 bits per heavy atom. The normalized spacial score (nSPS) is 15.5. The second-order valence-electron chi connectivity index (χ2n) is 7.54. The Labute approximate surface area is 181 Å². The van der Waals surface area contributed by atoms with Crippen LogP contribution in [0.15, 0.2) is 59.1 Å². The monoisotopic (exact) mass is 421 g/mol. The molecule has 8 heteroatoms.